The molecule has 0 saturated carbocycles. The van der Waals surface area contributed by atoms with E-state index in [0.29, 0.717) is 11.3 Å². The van der Waals surface area contributed by atoms with Crippen LogP contribution in [0.2, 0.25) is 0 Å². The van der Waals surface area contributed by atoms with Gasteiger partial charge in [-0.15, -0.1) is 0 Å². The van der Waals surface area contributed by atoms with Gasteiger partial charge in [0.2, 0.25) is 10.0 Å². The summed E-state index contributed by atoms with van der Waals surface area (Å²) >= 11 is 0. The van der Waals surface area contributed by atoms with Crippen molar-refractivity contribution in [2.45, 2.75) is 11.8 Å². The Balaban J connectivity index is 2.09. The second kappa shape index (κ2) is 7.77. The topological polar surface area (TPSA) is 137 Å². The van der Waals surface area contributed by atoms with Crippen LogP contribution in [0.3, 0.4) is 0 Å². The Kier molecular flexibility index (Phi) is 5.73. The van der Waals surface area contributed by atoms with Gasteiger partial charge in [0.05, 0.1) is 16.1 Å². The van der Waals surface area contributed by atoms with Crippen LogP contribution in [-0.4, -0.2) is 26.9 Å². The summed E-state index contributed by atoms with van der Waals surface area (Å²) < 4.78 is 31.3. The molecule has 2 aromatic rings. The number of aliphatic imine (C=N–C) groups is 1. The molecular formula is C16H18N4O4S. The molecule has 2 aromatic carbocycles. The molecule has 0 aliphatic heterocycles. The molecule has 0 fully saturated rings. The summed E-state index contributed by atoms with van der Waals surface area (Å²) in [5, 5.41) is 0. The number of carbonyl (C=O) groups excluding carboxylic acids is 1. The predicted molar refractivity (Wildman–Crippen MR) is 94.2 cm³/mol. The average molecular weight is 362 g/mol. The molecule has 0 heterocycles. The molecule has 0 radical (unpaired) electrons. The number of rotatable bonds is 6. The first-order valence-corrected chi connectivity index (χ1v) is 8.82. The summed E-state index contributed by atoms with van der Waals surface area (Å²) in [6, 6.07) is 11.7. The number of esters is 1. The number of nitrogens with zero attached hydrogens (tertiary/aromatic N) is 1. The number of benzene rings is 2. The van der Waals surface area contributed by atoms with Gasteiger partial charge >= 0.3 is 5.97 Å². The fourth-order valence-electron chi connectivity index (χ4n) is 1.95. The first kappa shape index (κ1) is 18.4. The number of carbonyl (C=O) groups is 1. The van der Waals surface area contributed by atoms with E-state index < -0.39 is 16.0 Å². The highest BCUT2D eigenvalue weighted by atomic mass is 32.2. The van der Waals surface area contributed by atoms with Crippen molar-refractivity contribution < 1.29 is 17.9 Å². The number of guanidine groups is 1. The third-order valence-electron chi connectivity index (χ3n) is 3.04. The molecule has 132 valence electrons. The Hall–Kier alpha value is -2.91. The molecular weight excluding hydrogens is 344 g/mol. The number of hydrogen-bond donors (Lipinski definition) is 3. The molecule has 0 spiro atoms. The number of hydrogen-bond acceptors (Lipinski definition) is 5. The number of nitrogens with one attached hydrogen (secondary N) is 1. The molecule has 0 bridgehead atoms. The van der Waals surface area contributed by atoms with Crippen molar-refractivity contribution in [3.8, 4) is 5.75 Å². The van der Waals surface area contributed by atoms with E-state index in [4.69, 9.17) is 16.2 Å². The molecule has 8 nitrogen and oxygen atoms in total. The lowest BCUT2D eigenvalue weighted by molar-refractivity contribution is 0.0734. The van der Waals surface area contributed by atoms with Gasteiger partial charge in [0.1, 0.15) is 5.75 Å². The van der Waals surface area contributed by atoms with Crippen molar-refractivity contribution >= 4 is 27.6 Å². The normalized spacial score (nSPS) is 10.9. The van der Waals surface area contributed by atoms with Crippen LogP contribution in [0.15, 0.2) is 58.4 Å². The van der Waals surface area contributed by atoms with Crippen LogP contribution in [0.4, 0.5) is 5.69 Å². The maximum absolute atomic E-state index is 12.1. The van der Waals surface area contributed by atoms with Gasteiger partial charge in [-0.2, -0.15) is 0 Å². The van der Waals surface area contributed by atoms with Crippen molar-refractivity contribution in [1.82, 2.24) is 4.72 Å². The summed E-state index contributed by atoms with van der Waals surface area (Å²) in [7, 11) is -3.55. The monoisotopic (exact) mass is 362 g/mol. The van der Waals surface area contributed by atoms with Crippen molar-refractivity contribution in [3.63, 3.8) is 0 Å². The summed E-state index contributed by atoms with van der Waals surface area (Å²) in [5.41, 5.74) is 11.4. The highest BCUT2D eigenvalue weighted by molar-refractivity contribution is 7.89. The van der Waals surface area contributed by atoms with Crippen molar-refractivity contribution in [1.29, 1.82) is 0 Å². The Morgan fingerprint density at radius 1 is 1.08 bits per heavy atom. The van der Waals surface area contributed by atoms with E-state index >= 15 is 0 Å². The Morgan fingerprint density at radius 3 is 2.20 bits per heavy atom. The zero-order valence-electron chi connectivity index (χ0n) is 13.5. The SMILES string of the molecule is CCNS(=O)(=O)c1ccc(OC(=O)c2ccc(N=C(N)N)cc2)cc1. The van der Waals surface area contributed by atoms with Crippen LogP contribution in [-0.2, 0) is 10.0 Å². The molecule has 0 unspecified atom stereocenters. The zero-order chi connectivity index (χ0) is 18.4. The van der Waals surface area contributed by atoms with E-state index in [1.54, 1.807) is 19.1 Å². The molecule has 9 heteroatoms. The molecule has 25 heavy (non-hydrogen) atoms. The summed E-state index contributed by atoms with van der Waals surface area (Å²) in [6.45, 7) is 1.97. The minimum atomic E-state index is -3.55. The van der Waals surface area contributed by atoms with E-state index in [9.17, 15) is 13.2 Å². The van der Waals surface area contributed by atoms with Crippen LogP contribution in [0.25, 0.3) is 0 Å². The minimum Gasteiger partial charge on any atom is -0.423 e. The van der Waals surface area contributed by atoms with Crippen LogP contribution in [0, 0.1) is 0 Å². The minimum absolute atomic E-state index is 0.0806. The zero-order valence-corrected chi connectivity index (χ0v) is 14.3. The van der Waals surface area contributed by atoms with Gasteiger partial charge in [-0.05, 0) is 48.5 Å². The second-order valence-electron chi connectivity index (χ2n) is 4.95. The largest absolute Gasteiger partial charge is 0.423 e. The lowest BCUT2D eigenvalue weighted by Crippen LogP contribution is -2.23. The molecule has 0 aliphatic carbocycles. The molecule has 0 amide bonds. The third-order valence-corrected chi connectivity index (χ3v) is 4.60. The van der Waals surface area contributed by atoms with E-state index in [2.05, 4.69) is 9.71 Å². The van der Waals surface area contributed by atoms with Gasteiger partial charge < -0.3 is 16.2 Å². The summed E-state index contributed by atoms with van der Waals surface area (Å²) in [6.07, 6.45) is 0. The van der Waals surface area contributed by atoms with Gasteiger partial charge in [0, 0.05) is 6.54 Å². The number of ether oxygens (including phenoxy) is 1. The molecule has 2 rings (SSSR count). The van der Waals surface area contributed by atoms with Gasteiger partial charge in [-0.25, -0.2) is 22.9 Å². The van der Waals surface area contributed by atoms with Gasteiger partial charge in [0.25, 0.3) is 0 Å². The van der Waals surface area contributed by atoms with E-state index in [1.165, 1.54) is 36.4 Å². The van der Waals surface area contributed by atoms with E-state index in [1.807, 2.05) is 0 Å². The highest BCUT2D eigenvalue weighted by Crippen LogP contribution is 2.18. The van der Waals surface area contributed by atoms with Crippen LogP contribution in [0.5, 0.6) is 5.75 Å². The Bertz CT molecular complexity index is 871. The molecule has 0 atom stereocenters. The lowest BCUT2D eigenvalue weighted by Gasteiger charge is -2.07. The summed E-state index contributed by atoms with van der Waals surface area (Å²) in [5.74, 6) is -0.435. The quantitative estimate of drug-likeness (QED) is 0.305. The Morgan fingerprint density at radius 2 is 1.68 bits per heavy atom. The number of sulfonamides is 1. The smallest absolute Gasteiger partial charge is 0.343 e. The molecule has 0 aliphatic rings. The third kappa shape index (κ3) is 5.03. The van der Waals surface area contributed by atoms with Crippen molar-refractivity contribution in [3.05, 3.63) is 54.1 Å². The van der Waals surface area contributed by atoms with E-state index in [-0.39, 0.29) is 23.1 Å². The Labute approximate surface area is 145 Å². The fraction of sp³-hybridized carbons (Fsp3) is 0.125. The van der Waals surface area contributed by atoms with E-state index in [0.717, 1.165) is 0 Å². The first-order valence-electron chi connectivity index (χ1n) is 7.33. The molecule has 0 saturated heterocycles. The maximum atomic E-state index is 12.1. The van der Waals surface area contributed by atoms with Crippen LogP contribution >= 0.6 is 0 Å². The van der Waals surface area contributed by atoms with Crippen molar-refractivity contribution in [2.24, 2.45) is 16.5 Å². The van der Waals surface area contributed by atoms with Gasteiger partial charge in [0.15, 0.2) is 5.96 Å². The van der Waals surface area contributed by atoms with Crippen LogP contribution in [0.1, 0.15) is 17.3 Å². The lowest BCUT2D eigenvalue weighted by atomic mass is 10.2. The van der Waals surface area contributed by atoms with Crippen molar-refractivity contribution in [2.75, 3.05) is 6.54 Å². The maximum Gasteiger partial charge on any atom is 0.343 e. The highest BCUT2D eigenvalue weighted by Gasteiger charge is 2.13. The summed E-state index contributed by atoms with van der Waals surface area (Å²) in [4.78, 5) is 16.0. The van der Waals surface area contributed by atoms with Crippen LogP contribution < -0.4 is 20.9 Å². The van der Waals surface area contributed by atoms with Gasteiger partial charge in [-0.1, -0.05) is 6.92 Å². The average Bonchev–Trinajstić information content (AvgIpc) is 2.55. The fourth-order valence-corrected chi connectivity index (χ4v) is 2.99. The molecule has 0 aromatic heterocycles. The number of nitrogens with two attached hydrogens (primary N) is 2. The standard InChI is InChI=1S/C16H18N4O4S/c1-2-19-25(22,23)14-9-7-13(8-10-14)24-15(21)11-3-5-12(6-4-11)20-16(17)18/h3-10,19H,2H2,1H3,(H4,17,18,20). The second-order valence-corrected chi connectivity index (χ2v) is 6.71. The van der Waals surface area contributed by atoms with Gasteiger partial charge in [-0.3, -0.25) is 0 Å². The first-order chi connectivity index (χ1) is 11.8. The molecule has 5 N–H and O–H groups in total. The predicted octanol–water partition coefficient (Wildman–Crippen LogP) is 1.11.